The molecule has 1 N–H and O–H groups in total. The Morgan fingerprint density at radius 1 is 0.677 bits per heavy atom. The molecular weight excluding hydrogens is 396 g/mol. The summed E-state index contributed by atoms with van der Waals surface area (Å²) in [4.78, 5) is 0. The van der Waals surface area contributed by atoms with Crippen LogP contribution in [-0.2, 0) is 6.42 Å². The van der Waals surface area contributed by atoms with E-state index in [-0.39, 0.29) is 0 Å². The maximum absolute atomic E-state index is 9.67. The summed E-state index contributed by atoms with van der Waals surface area (Å²) in [5, 5.41) is 9.67. The van der Waals surface area contributed by atoms with Gasteiger partial charge in [0.15, 0.2) is 0 Å². The van der Waals surface area contributed by atoms with Gasteiger partial charge in [0, 0.05) is 6.61 Å². The molecule has 0 amide bonds. The van der Waals surface area contributed by atoms with Gasteiger partial charge in [-0.1, -0.05) is 133 Å². The molecule has 31 heavy (non-hydrogen) atoms. The second-order valence-electron chi connectivity index (χ2n) is 9.62. The smallest absolute Gasteiger partial charge is 0.0470 e. The standard InChI is InChI=1S/C29H52OS/c1-3-4-5-6-7-8-9-10-11-12-13-14-15-16-17-18-23-31-26-29(25-30)24-28-21-19-27(2)20-22-28/h19-22,29-30H,3-18,23-26H2,1-2H3. The van der Waals surface area contributed by atoms with Crippen molar-refractivity contribution in [3.8, 4) is 0 Å². The summed E-state index contributed by atoms with van der Waals surface area (Å²) >= 11 is 2.03. The van der Waals surface area contributed by atoms with Crippen molar-refractivity contribution >= 4 is 11.8 Å². The van der Waals surface area contributed by atoms with Gasteiger partial charge in [-0.25, -0.2) is 0 Å². The Hall–Kier alpha value is -0.470. The predicted molar refractivity (Wildman–Crippen MR) is 142 cm³/mol. The number of hydrogen-bond acceptors (Lipinski definition) is 2. The fourth-order valence-corrected chi connectivity index (χ4v) is 5.37. The van der Waals surface area contributed by atoms with Crippen LogP contribution in [0.5, 0.6) is 0 Å². The minimum Gasteiger partial charge on any atom is -0.396 e. The fourth-order valence-electron chi connectivity index (χ4n) is 4.24. The molecule has 0 saturated heterocycles. The molecule has 0 heterocycles. The third kappa shape index (κ3) is 17.7. The van der Waals surface area contributed by atoms with E-state index < -0.39 is 0 Å². The van der Waals surface area contributed by atoms with Gasteiger partial charge in [-0.15, -0.1) is 0 Å². The van der Waals surface area contributed by atoms with Crippen molar-refractivity contribution in [2.24, 2.45) is 5.92 Å². The zero-order valence-electron chi connectivity index (χ0n) is 20.9. The summed E-state index contributed by atoms with van der Waals surface area (Å²) < 4.78 is 0. The van der Waals surface area contributed by atoms with Gasteiger partial charge in [-0.3, -0.25) is 0 Å². The first-order chi connectivity index (χ1) is 15.3. The molecular formula is C29H52OS. The van der Waals surface area contributed by atoms with Crippen molar-refractivity contribution in [2.45, 2.75) is 123 Å². The van der Waals surface area contributed by atoms with Crippen LogP contribution in [0.1, 0.15) is 121 Å². The van der Waals surface area contributed by atoms with Crippen molar-refractivity contribution in [3.05, 3.63) is 35.4 Å². The molecule has 2 heteroatoms. The zero-order valence-corrected chi connectivity index (χ0v) is 21.7. The minimum absolute atomic E-state index is 0.305. The first-order valence-corrected chi connectivity index (χ1v) is 14.7. The van der Waals surface area contributed by atoms with Gasteiger partial charge in [0.05, 0.1) is 0 Å². The molecule has 0 bridgehead atoms. The topological polar surface area (TPSA) is 20.2 Å². The van der Waals surface area contributed by atoms with Crippen molar-refractivity contribution in [2.75, 3.05) is 18.1 Å². The van der Waals surface area contributed by atoms with E-state index in [1.165, 1.54) is 120 Å². The number of benzene rings is 1. The highest BCUT2D eigenvalue weighted by molar-refractivity contribution is 7.99. The summed E-state index contributed by atoms with van der Waals surface area (Å²) in [6.07, 6.45) is 23.9. The Bertz CT molecular complexity index is 484. The monoisotopic (exact) mass is 448 g/mol. The molecule has 0 aromatic heterocycles. The first kappa shape index (κ1) is 28.6. The molecule has 180 valence electrons. The lowest BCUT2D eigenvalue weighted by atomic mass is 10.0. The summed E-state index contributed by atoms with van der Waals surface area (Å²) in [6, 6.07) is 8.76. The molecule has 1 nitrogen and oxygen atoms in total. The van der Waals surface area contributed by atoms with Crippen molar-refractivity contribution in [3.63, 3.8) is 0 Å². The molecule has 1 rings (SSSR count). The van der Waals surface area contributed by atoms with E-state index in [1.807, 2.05) is 11.8 Å². The van der Waals surface area contributed by atoms with Crippen molar-refractivity contribution < 1.29 is 5.11 Å². The van der Waals surface area contributed by atoms with Crippen molar-refractivity contribution in [1.82, 2.24) is 0 Å². The number of hydrogen-bond donors (Lipinski definition) is 1. The van der Waals surface area contributed by atoms with Gasteiger partial charge < -0.3 is 5.11 Å². The predicted octanol–water partition coefficient (Wildman–Crippen LogP) is 9.14. The number of aliphatic hydroxyl groups excluding tert-OH is 1. The van der Waals surface area contributed by atoms with Crippen LogP contribution >= 0.6 is 11.8 Å². The molecule has 0 aliphatic rings. The van der Waals surface area contributed by atoms with Gasteiger partial charge in [0.2, 0.25) is 0 Å². The van der Waals surface area contributed by atoms with Crippen LogP contribution in [0.25, 0.3) is 0 Å². The van der Waals surface area contributed by atoms with Crippen LogP contribution in [-0.4, -0.2) is 23.2 Å². The van der Waals surface area contributed by atoms with Crippen LogP contribution in [0.2, 0.25) is 0 Å². The fraction of sp³-hybridized carbons (Fsp3) is 0.793. The molecule has 0 spiro atoms. The molecule has 0 radical (unpaired) electrons. The van der Waals surface area contributed by atoms with E-state index in [1.54, 1.807) is 0 Å². The molecule has 1 aromatic rings. The SMILES string of the molecule is CCCCCCCCCCCCCCCCCCSCC(CO)Cc1ccc(C)cc1. The van der Waals surface area contributed by atoms with Gasteiger partial charge in [0.1, 0.15) is 0 Å². The Morgan fingerprint density at radius 3 is 1.58 bits per heavy atom. The van der Waals surface area contributed by atoms with Gasteiger partial charge in [-0.05, 0) is 42.8 Å². The zero-order chi connectivity index (χ0) is 22.4. The van der Waals surface area contributed by atoms with Gasteiger partial charge in [-0.2, -0.15) is 11.8 Å². The minimum atomic E-state index is 0.305. The number of rotatable bonds is 22. The maximum Gasteiger partial charge on any atom is 0.0470 e. The Morgan fingerprint density at radius 2 is 1.13 bits per heavy atom. The normalized spacial score (nSPS) is 12.4. The average molecular weight is 449 g/mol. The van der Waals surface area contributed by atoms with E-state index in [0.717, 1.165) is 12.2 Å². The molecule has 0 saturated carbocycles. The van der Waals surface area contributed by atoms with E-state index >= 15 is 0 Å². The van der Waals surface area contributed by atoms with Crippen LogP contribution in [0.3, 0.4) is 0 Å². The third-order valence-electron chi connectivity index (χ3n) is 6.40. The first-order valence-electron chi connectivity index (χ1n) is 13.5. The lowest BCUT2D eigenvalue weighted by molar-refractivity contribution is 0.239. The Labute approximate surface area is 199 Å². The molecule has 1 atom stereocenters. The van der Waals surface area contributed by atoms with Crippen LogP contribution in [0.4, 0.5) is 0 Å². The lowest BCUT2D eigenvalue weighted by Crippen LogP contribution is -2.13. The van der Waals surface area contributed by atoms with E-state index in [2.05, 4.69) is 38.1 Å². The highest BCUT2D eigenvalue weighted by atomic mass is 32.2. The number of thioether (sulfide) groups is 1. The molecule has 0 aliphatic heterocycles. The summed E-state index contributed by atoms with van der Waals surface area (Å²) in [7, 11) is 0. The van der Waals surface area contributed by atoms with Crippen LogP contribution < -0.4 is 0 Å². The summed E-state index contributed by atoms with van der Waals surface area (Å²) in [6.45, 7) is 4.73. The van der Waals surface area contributed by atoms with Crippen molar-refractivity contribution in [1.29, 1.82) is 0 Å². The Kier molecular flexibility index (Phi) is 19.7. The molecule has 1 unspecified atom stereocenters. The van der Waals surface area contributed by atoms with Crippen LogP contribution in [0.15, 0.2) is 24.3 Å². The lowest BCUT2D eigenvalue weighted by Gasteiger charge is -2.14. The molecule has 1 aromatic carbocycles. The summed E-state index contributed by atoms with van der Waals surface area (Å²) in [5.41, 5.74) is 2.66. The number of aliphatic hydroxyl groups is 1. The van der Waals surface area contributed by atoms with E-state index in [9.17, 15) is 5.11 Å². The van der Waals surface area contributed by atoms with E-state index in [4.69, 9.17) is 0 Å². The summed E-state index contributed by atoms with van der Waals surface area (Å²) in [5.74, 6) is 2.74. The Balaban J connectivity index is 1.81. The number of aryl methyl sites for hydroxylation is 1. The largest absolute Gasteiger partial charge is 0.396 e. The van der Waals surface area contributed by atoms with Gasteiger partial charge in [0.25, 0.3) is 0 Å². The number of unbranched alkanes of at least 4 members (excludes halogenated alkanes) is 15. The molecule has 0 aliphatic carbocycles. The highest BCUT2D eigenvalue weighted by Gasteiger charge is 2.08. The molecule has 0 fully saturated rings. The quantitative estimate of drug-likeness (QED) is 0.178. The van der Waals surface area contributed by atoms with Crippen LogP contribution in [0, 0.1) is 12.8 Å². The van der Waals surface area contributed by atoms with E-state index in [0.29, 0.717) is 12.5 Å². The second kappa shape index (κ2) is 21.4. The average Bonchev–Trinajstić information content (AvgIpc) is 2.78. The highest BCUT2D eigenvalue weighted by Crippen LogP contribution is 2.18. The third-order valence-corrected chi connectivity index (χ3v) is 7.68. The van der Waals surface area contributed by atoms with Gasteiger partial charge >= 0.3 is 0 Å². The second-order valence-corrected chi connectivity index (χ2v) is 10.8. The maximum atomic E-state index is 9.67.